The van der Waals surface area contributed by atoms with Crippen molar-refractivity contribution in [2.24, 2.45) is 0 Å². The maximum absolute atomic E-state index is 9.40. The second-order valence-electron chi connectivity index (χ2n) is 3.74. The van der Waals surface area contributed by atoms with Crippen LogP contribution in [0.15, 0.2) is 40.9 Å². The second kappa shape index (κ2) is 5.83. The van der Waals surface area contributed by atoms with Crippen molar-refractivity contribution < 1.29 is 5.11 Å². The first-order valence-electron chi connectivity index (χ1n) is 5.23. The molecule has 0 fully saturated rings. The number of anilines is 1. The van der Waals surface area contributed by atoms with E-state index in [1.165, 1.54) is 0 Å². The zero-order valence-electron chi connectivity index (χ0n) is 9.25. The highest BCUT2D eigenvalue weighted by molar-refractivity contribution is 9.10. The maximum atomic E-state index is 9.40. The van der Waals surface area contributed by atoms with Gasteiger partial charge in [0.05, 0.1) is 20.2 Å². The molecule has 0 spiro atoms. The standard InChI is InChI=1S/C13H10BrCl2NO/c14-9-6-8(4-5-12(9)18)7-17-11-3-1-2-10(15)13(11)16/h1-6,17-18H,7H2. The summed E-state index contributed by atoms with van der Waals surface area (Å²) in [5.41, 5.74) is 1.81. The molecule has 0 saturated heterocycles. The fourth-order valence-corrected chi connectivity index (χ4v) is 2.29. The minimum absolute atomic E-state index is 0.222. The lowest BCUT2D eigenvalue weighted by Gasteiger charge is -2.10. The average molecular weight is 347 g/mol. The summed E-state index contributed by atoms with van der Waals surface area (Å²) in [5.74, 6) is 0.222. The van der Waals surface area contributed by atoms with Crippen molar-refractivity contribution in [3.63, 3.8) is 0 Å². The summed E-state index contributed by atoms with van der Waals surface area (Å²) in [4.78, 5) is 0. The Morgan fingerprint density at radius 1 is 1.17 bits per heavy atom. The molecule has 0 saturated carbocycles. The summed E-state index contributed by atoms with van der Waals surface area (Å²) < 4.78 is 0.666. The molecular formula is C13H10BrCl2NO. The lowest BCUT2D eigenvalue weighted by atomic mass is 10.2. The van der Waals surface area contributed by atoms with E-state index in [9.17, 15) is 5.11 Å². The van der Waals surface area contributed by atoms with Gasteiger partial charge in [-0.1, -0.05) is 35.3 Å². The van der Waals surface area contributed by atoms with Crippen LogP contribution in [-0.2, 0) is 6.54 Å². The Hall–Kier alpha value is -0.900. The van der Waals surface area contributed by atoms with Gasteiger partial charge in [-0.15, -0.1) is 0 Å². The van der Waals surface area contributed by atoms with E-state index >= 15 is 0 Å². The van der Waals surface area contributed by atoms with Crippen LogP contribution in [-0.4, -0.2) is 5.11 Å². The SMILES string of the molecule is Oc1ccc(CNc2cccc(Cl)c2Cl)cc1Br. The molecule has 0 aliphatic rings. The molecule has 2 N–H and O–H groups in total. The molecular weight excluding hydrogens is 337 g/mol. The minimum atomic E-state index is 0.222. The number of hydrogen-bond acceptors (Lipinski definition) is 2. The van der Waals surface area contributed by atoms with Crippen LogP contribution in [0, 0.1) is 0 Å². The van der Waals surface area contributed by atoms with Crippen molar-refractivity contribution in [2.75, 3.05) is 5.32 Å². The third-order valence-corrected chi connectivity index (χ3v) is 3.90. The van der Waals surface area contributed by atoms with Gasteiger partial charge in [-0.25, -0.2) is 0 Å². The first kappa shape index (κ1) is 13.5. The molecule has 0 radical (unpaired) electrons. The summed E-state index contributed by atoms with van der Waals surface area (Å²) in [7, 11) is 0. The maximum Gasteiger partial charge on any atom is 0.129 e. The van der Waals surface area contributed by atoms with Crippen LogP contribution >= 0.6 is 39.1 Å². The molecule has 0 amide bonds. The molecule has 0 atom stereocenters. The highest BCUT2D eigenvalue weighted by atomic mass is 79.9. The van der Waals surface area contributed by atoms with Crippen LogP contribution in [0.4, 0.5) is 5.69 Å². The fraction of sp³-hybridized carbons (Fsp3) is 0.0769. The normalized spacial score (nSPS) is 10.4. The van der Waals surface area contributed by atoms with E-state index in [0.29, 0.717) is 21.1 Å². The van der Waals surface area contributed by atoms with E-state index < -0.39 is 0 Å². The van der Waals surface area contributed by atoms with E-state index in [-0.39, 0.29) is 5.75 Å². The number of halogens is 3. The third-order valence-electron chi connectivity index (χ3n) is 2.45. The first-order chi connectivity index (χ1) is 8.58. The minimum Gasteiger partial charge on any atom is -0.507 e. The summed E-state index contributed by atoms with van der Waals surface area (Å²) >= 11 is 15.3. The average Bonchev–Trinajstić information content (AvgIpc) is 2.35. The van der Waals surface area contributed by atoms with Gasteiger partial charge in [-0.05, 0) is 45.8 Å². The number of benzene rings is 2. The summed E-state index contributed by atoms with van der Waals surface area (Å²) in [6, 6.07) is 10.8. The van der Waals surface area contributed by atoms with Crippen molar-refractivity contribution >= 4 is 44.8 Å². The number of phenolic OH excluding ortho intramolecular Hbond substituents is 1. The highest BCUT2D eigenvalue weighted by Gasteiger charge is 2.04. The molecule has 2 rings (SSSR count). The number of nitrogens with one attached hydrogen (secondary N) is 1. The van der Waals surface area contributed by atoms with Crippen LogP contribution in [0.2, 0.25) is 10.0 Å². The van der Waals surface area contributed by atoms with Gasteiger partial charge in [0.2, 0.25) is 0 Å². The van der Waals surface area contributed by atoms with Gasteiger partial charge in [0.25, 0.3) is 0 Å². The highest BCUT2D eigenvalue weighted by Crippen LogP contribution is 2.30. The molecule has 0 aliphatic carbocycles. The van der Waals surface area contributed by atoms with E-state index in [0.717, 1.165) is 11.3 Å². The van der Waals surface area contributed by atoms with Gasteiger partial charge >= 0.3 is 0 Å². The van der Waals surface area contributed by atoms with Crippen LogP contribution < -0.4 is 5.32 Å². The van der Waals surface area contributed by atoms with Crippen LogP contribution in [0.1, 0.15) is 5.56 Å². The van der Waals surface area contributed by atoms with Gasteiger partial charge in [0.15, 0.2) is 0 Å². The predicted octanol–water partition coefficient (Wildman–Crippen LogP) is 5.07. The van der Waals surface area contributed by atoms with Gasteiger partial charge in [0.1, 0.15) is 5.75 Å². The number of rotatable bonds is 3. The fourth-order valence-electron chi connectivity index (χ4n) is 1.50. The predicted molar refractivity (Wildman–Crippen MR) is 79.6 cm³/mol. The van der Waals surface area contributed by atoms with Crippen molar-refractivity contribution in [1.29, 1.82) is 0 Å². The molecule has 94 valence electrons. The van der Waals surface area contributed by atoms with Crippen molar-refractivity contribution in [2.45, 2.75) is 6.54 Å². The molecule has 2 aromatic carbocycles. The van der Waals surface area contributed by atoms with Gasteiger partial charge in [-0.3, -0.25) is 0 Å². The smallest absolute Gasteiger partial charge is 0.129 e. The Morgan fingerprint density at radius 3 is 2.67 bits per heavy atom. The monoisotopic (exact) mass is 345 g/mol. The van der Waals surface area contributed by atoms with E-state index in [4.69, 9.17) is 23.2 Å². The molecule has 0 aliphatic heterocycles. The van der Waals surface area contributed by atoms with Crippen molar-refractivity contribution in [3.05, 3.63) is 56.5 Å². The molecule has 0 aromatic heterocycles. The van der Waals surface area contributed by atoms with Crippen molar-refractivity contribution in [1.82, 2.24) is 0 Å². The molecule has 0 heterocycles. The lowest BCUT2D eigenvalue weighted by Crippen LogP contribution is -2.00. The Morgan fingerprint density at radius 2 is 1.94 bits per heavy atom. The van der Waals surface area contributed by atoms with Gasteiger partial charge in [0, 0.05) is 6.54 Å². The Balaban J connectivity index is 2.11. The zero-order valence-corrected chi connectivity index (χ0v) is 12.4. The van der Waals surface area contributed by atoms with Gasteiger partial charge in [-0.2, -0.15) is 0 Å². The van der Waals surface area contributed by atoms with Crippen LogP contribution in [0.25, 0.3) is 0 Å². The summed E-state index contributed by atoms with van der Waals surface area (Å²) in [6.45, 7) is 0.596. The van der Waals surface area contributed by atoms with Gasteiger partial charge < -0.3 is 10.4 Å². The molecule has 0 unspecified atom stereocenters. The Kier molecular flexibility index (Phi) is 4.38. The summed E-state index contributed by atoms with van der Waals surface area (Å²) in [5, 5.41) is 13.6. The topological polar surface area (TPSA) is 32.3 Å². The van der Waals surface area contributed by atoms with Crippen LogP contribution in [0.3, 0.4) is 0 Å². The molecule has 2 nitrogen and oxygen atoms in total. The molecule has 5 heteroatoms. The largest absolute Gasteiger partial charge is 0.507 e. The van der Waals surface area contributed by atoms with E-state index in [1.54, 1.807) is 12.1 Å². The third kappa shape index (κ3) is 3.10. The lowest BCUT2D eigenvalue weighted by molar-refractivity contribution is 0.471. The van der Waals surface area contributed by atoms with Crippen molar-refractivity contribution in [3.8, 4) is 5.75 Å². The second-order valence-corrected chi connectivity index (χ2v) is 5.38. The summed E-state index contributed by atoms with van der Waals surface area (Å²) in [6.07, 6.45) is 0. The number of aromatic hydroxyl groups is 1. The number of phenols is 1. The van der Waals surface area contributed by atoms with Crippen LogP contribution in [0.5, 0.6) is 5.75 Å². The van der Waals surface area contributed by atoms with E-state index in [2.05, 4.69) is 21.2 Å². The Bertz CT molecular complexity index is 575. The molecule has 18 heavy (non-hydrogen) atoms. The van der Waals surface area contributed by atoms with E-state index in [1.807, 2.05) is 24.3 Å². The molecule has 2 aromatic rings. The number of hydrogen-bond donors (Lipinski definition) is 2. The quantitative estimate of drug-likeness (QED) is 0.812. The first-order valence-corrected chi connectivity index (χ1v) is 6.78. The molecule has 0 bridgehead atoms. The zero-order chi connectivity index (χ0) is 13.1. The Labute approximate surface area is 124 Å².